The molecular formula is C16H22Cl2Zr. The van der Waals surface area contributed by atoms with E-state index < -0.39 is 0 Å². The second kappa shape index (κ2) is 13.4. The number of halogens is 2. The molecule has 0 aliphatic heterocycles. The fourth-order valence-corrected chi connectivity index (χ4v) is 1.78. The summed E-state index contributed by atoms with van der Waals surface area (Å²) >= 11 is 0. The molecule has 0 radical (unpaired) electrons. The van der Waals surface area contributed by atoms with Crippen molar-refractivity contribution >= 4 is 0 Å². The van der Waals surface area contributed by atoms with Gasteiger partial charge in [-0.25, -0.2) is 35.5 Å². The minimum atomic E-state index is 0. The van der Waals surface area contributed by atoms with Crippen LogP contribution < -0.4 is 24.8 Å². The molecule has 0 heterocycles. The van der Waals surface area contributed by atoms with Crippen LogP contribution in [0.15, 0.2) is 34.4 Å². The summed E-state index contributed by atoms with van der Waals surface area (Å²) in [6.07, 6.45) is 15.6. The molecule has 0 atom stereocenters. The molecule has 0 unspecified atom stereocenters. The van der Waals surface area contributed by atoms with Gasteiger partial charge < -0.3 is 24.8 Å². The number of hydrogen-bond donors (Lipinski definition) is 0. The molecule has 0 nitrogen and oxygen atoms in total. The Kier molecular flexibility index (Phi) is 17.2. The van der Waals surface area contributed by atoms with Gasteiger partial charge in [0.25, 0.3) is 0 Å². The molecule has 0 aromatic carbocycles. The van der Waals surface area contributed by atoms with Crippen LogP contribution in [0.25, 0.3) is 0 Å². The van der Waals surface area contributed by atoms with E-state index in [4.69, 9.17) is 0 Å². The first-order valence-electron chi connectivity index (χ1n) is 6.22. The normalized spacial score (nSPS) is 15.4. The molecule has 0 N–H and O–H groups in total. The second-order valence-electron chi connectivity index (χ2n) is 4.35. The Bertz CT molecular complexity index is 327. The number of rotatable bonds is 2. The number of hydrogen-bond acceptors (Lipinski definition) is 0. The Morgan fingerprint density at radius 3 is 1.26 bits per heavy atom. The van der Waals surface area contributed by atoms with Crippen molar-refractivity contribution in [2.75, 3.05) is 0 Å². The fourth-order valence-electron chi connectivity index (χ4n) is 1.78. The Morgan fingerprint density at radius 2 is 1.16 bits per heavy atom. The molecule has 3 heteroatoms. The Morgan fingerprint density at radius 1 is 0.842 bits per heavy atom. The molecular weight excluding hydrogens is 354 g/mol. The summed E-state index contributed by atoms with van der Waals surface area (Å²) in [5.41, 5.74) is 5.51. The van der Waals surface area contributed by atoms with Crippen LogP contribution in [0, 0.1) is 12.2 Å². The van der Waals surface area contributed by atoms with Crippen LogP contribution in [-0.2, 0) is 26.2 Å². The predicted octanol–water partition coefficient (Wildman–Crippen LogP) is -1.04. The molecule has 2 rings (SSSR count). The summed E-state index contributed by atoms with van der Waals surface area (Å²) in [5.74, 6) is 0. The van der Waals surface area contributed by atoms with Crippen molar-refractivity contribution in [1.82, 2.24) is 0 Å². The first kappa shape index (κ1) is 24.4. The standard InChI is InChI=1S/2C8H11.2ClH.Zr/c2*1-3-8-5-4-7(2)6-8;;;/h2*4H,3,5H2,1-2H3;2*1H;/q2*-1;;;+4/p-2. The molecule has 0 amide bonds. The molecule has 0 saturated heterocycles. The molecule has 0 aromatic heterocycles. The van der Waals surface area contributed by atoms with Gasteiger partial charge in [-0.2, -0.15) is 11.1 Å². The SMILES string of the molecule is CCC1=[C-]C(C)=CC1.CCC1=[C-]C(C)=CC1.[Cl-].[Cl-].[Zr+4]. The largest absolute Gasteiger partial charge is 4.00 e. The zero-order valence-electron chi connectivity index (χ0n) is 12.2. The average molecular weight is 376 g/mol. The maximum Gasteiger partial charge on any atom is 4.00 e. The number of allylic oxidation sites excluding steroid dienone is 8. The third kappa shape index (κ3) is 9.88. The molecule has 2 aliphatic carbocycles. The molecule has 104 valence electrons. The summed E-state index contributed by atoms with van der Waals surface area (Å²) < 4.78 is 0. The second-order valence-corrected chi connectivity index (χ2v) is 4.35. The van der Waals surface area contributed by atoms with Crippen LogP contribution in [0.1, 0.15) is 53.4 Å². The van der Waals surface area contributed by atoms with Gasteiger partial charge in [-0.05, 0) is 0 Å². The maximum atomic E-state index is 3.28. The molecule has 0 bridgehead atoms. The van der Waals surface area contributed by atoms with E-state index in [9.17, 15) is 0 Å². The van der Waals surface area contributed by atoms with E-state index in [0.29, 0.717) is 0 Å². The summed E-state index contributed by atoms with van der Waals surface area (Å²) in [4.78, 5) is 0. The topological polar surface area (TPSA) is 0 Å². The molecule has 0 fully saturated rings. The maximum absolute atomic E-state index is 3.28. The van der Waals surface area contributed by atoms with E-state index in [0.717, 1.165) is 25.7 Å². The van der Waals surface area contributed by atoms with Crippen molar-refractivity contribution in [1.29, 1.82) is 0 Å². The third-order valence-corrected chi connectivity index (χ3v) is 2.91. The van der Waals surface area contributed by atoms with Crippen LogP contribution in [0.2, 0.25) is 0 Å². The fraction of sp³-hybridized carbons (Fsp3) is 0.500. The summed E-state index contributed by atoms with van der Waals surface area (Å²) in [5, 5.41) is 0. The van der Waals surface area contributed by atoms with Gasteiger partial charge in [0.05, 0.1) is 0 Å². The van der Waals surface area contributed by atoms with Crippen LogP contribution in [0.4, 0.5) is 0 Å². The molecule has 0 saturated carbocycles. The van der Waals surface area contributed by atoms with E-state index >= 15 is 0 Å². The van der Waals surface area contributed by atoms with Gasteiger partial charge in [0.15, 0.2) is 0 Å². The minimum Gasteiger partial charge on any atom is -1.00 e. The first-order valence-corrected chi connectivity index (χ1v) is 6.22. The Labute approximate surface area is 150 Å². The van der Waals surface area contributed by atoms with Gasteiger partial charge in [-0.1, -0.05) is 53.4 Å². The van der Waals surface area contributed by atoms with Crippen molar-refractivity contribution in [2.24, 2.45) is 0 Å². The van der Waals surface area contributed by atoms with Crippen molar-refractivity contribution in [2.45, 2.75) is 53.4 Å². The van der Waals surface area contributed by atoms with Crippen LogP contribution in [0.5, 0.6) is 0 Å². The monoisotopic (exact) mass is 374 g/mol. The smallest absolute Gasteiger partial charge is 1.00 e. The molecule has 0 aromatic rings. The Balaban J connectivity index is -0.000000233. The third-order valence-electron chi connectivity index (χ3n) is 2.91. The first-order chi connectivity index (χ1) is 7.65. The van der Waals surface area contributed by atoms with Gasteiger partial charge >= 0.3 is 26.2 Å². The van der Waals surface area contributed by atoms with Crippen LogP contribution >= 0.6 is 0 Å². The minimum absolute atomic E-state index is 0. The van der Waals surface area contributed by atoms with Crippen molar-refractivity contribution < 1.29 is 51.0 Å². The van der Waals surface area contributed by atoms with Gasteiger partial charge in [0.1, 0.15) is 0 Å². The van der Waals surface area contributed by atoms with Gasteiger partial charge in [-0.15, -0.1) is 0 Å². The van der Waals surface area contributed by atoms with E-state index in [1.54, 1.807) is 0 Å². The van der Waals surface area contributed by atoms with Gasteiger partial charge in [0.2, 0.25) is 0 Å². The van der Waals surface area contributed by atoms with Crippen molar-refractivity contribution in [3.8, 4) is 0 Å². The predicted molar refractivity (Wildman–Crippen MR) is 70.8 cm³/mol. The zero-order valence-corrected chi connectivity index (χ0v) is 16.2. The molecule has 0 spiro atoms. The molecule has 2 aliphatic rings. The Hall–Kier alpha value is 0.423. The van der Waals surface area contributed by atoms with Gasteiger partial charge in [0, 0.05) is 0 Å². The van der Waals surface area contributed by atoms with Crippen LogP contribution in [-0.4, -0.2) is 0 Å². The summed E-state index contributed by atoms with van der Waals surface area (Å²) in [7, 11) is 0. The average Bonchev–Trinajstić information content (AvgIpc) is 2.88. The quantitative estimate of drug-likeness (QED) is 0.540. The van der Waals surface area contributed by atoms with E-state index in [1.807, 2.05) is 0 Å². The summed E-state index contributed by atoms with van der Waals surface area (Å²) in [6, 6.07) is 0. The van der Waals surface area contributed by atoms with E-state index in [1.165, 1.54) is 22.3 Å². The van der Waals surface area contributed by atoms with Crippen molar-refractivity contribution in [3.63, 3.8) is 0 Å². The molecule has 19 heavy (non-hydrogen) atoms. The van der Waals surface area contributed by atoms with Crippen LogP contribution in [0.3, 0.4) is 0 Å². The van der Waals surface area contributed by atoms with E-state index in [2.05, 4.69) is 52.0 Å². The van der Waals surface area contributed by atoms with Gasteiger partial charge in [-0.3, -0.25) is 0 Å². The van der Waals surface area contributed by atoms with E-state index in [-0.39, 0.29) is 51.0 Å². The van der Waals surface area contributed by atoms with Crippen molar-refractivity contribution in [3.05, 3.63) is 46.6 Å². The zero-order chi connectivity index (χ0) is 12.0. The summed E-state index contributed by atoms with van der Waals surface area (Å²) in [6.45, 7) is 8.55.